The number of ether oxygens (including phenoxy) is 2. The first-order chi connectivity index (χ1) is 13.9. The fourth-order valence-electron chi connectivity index (χ4n) is 3.11. The maximum atomic E-state index is 13.0. The van der Waals surface area contributed by atoms with Gasteiger partial charge < -0.3 is 14.8 Å². The summed E-state index contributed by atoms with van der Waals surface area (Å²) in [4.78, 5) is 13.2. The lowest BCUT2D eigenvalue weighted by Gasteiger charge is -2.25. The molecule has 1 aromatic heterocycles. The van der Waals surface area contributed by atoms with Gasteiger partial charge in [0.1, 0.15) is 21.3 Å². The summed E-state index contributed by atoms with van der Waals surface area (Å²) in [5, 5.41) is 4.53. The molecule has 2 heterocycles. The van der Waals surface area contributed by atoms with Crippen molar-refractivity contribution in [1.29, 1.82) is 0 Å². The standard InChI is InChI=1S/C19H24N2O5S3/c1-13(15-5-4-14(25-2)12-16(15)26-3)20-19(22)18-17(6-9-28-18)29(23,24)21-7-10-27-11-8-21/h4-6,9,12-13H,7-8,10-11H2,1-3H3,(H,20,22). The monoisotopic (exact) mass is 456 g/mol. The molecule has 1 aromatic carbocycles. The van der Waals surface area contributed by atoms with Gasteiger partial charge in [0.2, 0.25) is 10.0 Å². The van der Waals surface area contributed by atoms with Crippen molar-refractivity contribution in [3.8, 4) is 11.5 Å². The first-order valence-corrected chi connectivity index (χ1v) is 12.5. The molecule has 0 aliphatic carbocycles. The lowest BCUT2D eigenvalue weighted by atomic mass is 10.1. The number of benzene rings is 1. The Labute approximate surface area is 179 Å². The van der Waals surface area contributed by atoms with Crippen LogP contribution in [0.3, 0.4) is 0 Å². The Hall–Kier alpha value is -1.75. The fourth-order valence-corrected chi connectivity index (χ4v) is 6.99. The average molecular weight is 457 g/mol. The molecular weight excluding hydrogens is 432 g/mol. The molecule has 1 unspecified atom stereocenters. The van der Waals surface area contributed by atoms with Gasteiger partial charge in [-0.1, -0.05) is 0 Å². The molecule has 0 bridgehead atoms. The Morgan fingerprint density at radius 3 is 2.55 bits per heavy atom. The SMILES string of the molecule is COc1ccc(C(C)NC(=O)c2sccc2S(=O)(=O)N2CCSCC2)c(OC)c1. The van der Waals surface area contributed by atoms with Gasteiger partial charge in [-0.25, -0.2) is 8.42 Å². The smallest absolute Gasteiger partial charge is 0.263 e. The second kappa shape index (κ2) is 9.38. The molecule has 158 valence electrons. The van der Waals surface area contributed by atoms with Crippen molar-refractivity contribution in [2.45, 2.75) is 17.9 Å². The number of thioether (sulfide) groups is 1. The third-order valence-corrected chi connectivity index (χ3v) is 8.60. The zero-order valence-corrected chi connectivity index (χ0v) is 19.0. The number of thiophene rings is 1. The van der Waals surface area contributed by atoms with Gasteiger partial charge in [-0.2, -0.15) is 16.1 Å². The molecule has 29 heavy (non-hydrogen) atoms. The Balaban J connectivity index is 1.81. The second-order valence-corrected chi connectivity index (χ2v) is 10.5. The summed E-state index contributed by atoms with van der Waals surface area (Å²) in [6.45, 7) is 2.75. The fraction of sp³-hybridized carbons (Fsp3) is 0.421. The van der Waals surface area contributed by atoms with Gasteiger partial charge in [-0.3, -0.25) is 4.79 Å². The summed E-state index contributed by atoms with van der Waals surface area (Å²) in [7, 11) is -0.570. The number of methoxy groups -OCH3 is 2. The van der Waals surface area contributed by atoms with Crippen LogP contribution in [0.2, 0.25) is 0 Å². The van der Waals surface area contributed by atoms with Gasteiger partial charge in [0, 0.05) is 36.2 Å². The van der Waals surface area contributed by atoms with Crippen LogP contribution in [-0.4, -0.2) is 57.4 Å². The van der Waals surface area contributed by atoms with E-state index in [1.807, 2.05) is 13.0 Å². The van der Waals surface area contributed by atoms with E-state index in [-0.39, 0.29) is 15.8 Å². The highest BCUT2D eigenvalue weighted by atomic mass is 32.2. The van der Waals surface area contributed by atoms with E-state index in [4.69, 9.17) is 9.47 Å². The number of rotatable bonds is 7. The molecule has 1 atom stereocenters. The van der Waals surface area contributed by atoms with E-state index in [0.717, 1.165) is 28.4 Å². The molecule has 1 aliphatic rings. The highest BCUT2D eigenvalue weighted by Crippen LogP contribution is 2.31. The van der Waals surface area contributed by atoms with Crippen molar-refractivity contribution < 1.29 is 22.7 Å². The first kappa shape index (κ1) is 21.9. The molecule has 3 rings (SSSR count). The van der Waals surface area contributed by atoms with Crippen molar-refractivity contribution in [2.75, 3.05) is 38.8 Å². The molecule has 1 N–H and O–H groups in total. The van der Waals surface area contributed by atoms with Crippen LogP contribution in [0.1, 0.15) is 28.2 Å². The van der Waals surface area contributed by atoms with E-state index in [1.54, 1.807) is 43.5 Å². The van der Waals surface area contributed by atoms with Crippen molar-refractivity contribution in [3.05, 3.63) is 40.1 Å². The predicted molar refractivity (Wildman–Crippen MR) is 116 cm³/mol. The maximum absolute atomic E-state index is 13.0. The van der Waals surface area contributed by atoms with Gasteiger partial charge in [0.15, 0.2) is 0 Å². The van der Waals surface area contributed by atoms with Crippen LogP contribution in [0.15, 0.2) is 34.5 Å². The molecular formula is C19H24N2O5S3. The minimum Gasteiger partial charge on any atom is -0.497 e. The number of carbonyl (C=O) groups is 1. The molecule has 0 spiro atoms. The Morgan fingerprint density at radius 1 is 1.17 bits per heavy atom. The van der Waals surface area contributed by atoms with Gasteiger partial charge >= 0.3 is 0 Å². The maximum Gasteiger partial charge on any atom is 0.263 e. The van der Waals surface area contributed by atoms with Crippen LogP contribution in [0.4, 0.5) is 0 Å². The molecule has 10 heteroatoms. The minimum absolute atomic E-state index is 0.0702. The molecule has 1 aliphatic heterocycles. The van der Waals surface area contributed by atoms with E-state index < -0.39 is 15.9 Å². The van der Waals surface area contributed by atoms with Gasteiger partial charge in [-0.05, 0) is 30.5 Å². The highest BCUT2D eigenvalue weighted by Gasteiger charge is 2.31. The number of sulfonamides is 1. The van der Waals surface area contributed by atoms with Gasteiger partial charge in [0.05, 0.1) is 20.3 Å². The molecule has 7 nitrogen and oxygen atoms in total. The van der Waals surface area contributed by atoms with Crippen LogP contribution >= 0.6 is 23.1 Å². The summed E-state index contributed by atoms with van der Waals surface area (Å²) in [5.41, 5.74) is 0.774. The van der Waals surface area contributed by atoms with Gasteiger partial charge in [0.25, 0.3) is 5.91 Å². The van der Waals surface area contributed by atoms with Gasteiger partial charge in [-0.15, -0.1) is 11.3 Å². The Morgan fingerprint density at radius 2 is 1.90 bits per heavy atom. The van der Waals surface area contributed by atoms with Crippen LogP contribution < -0.4 is 14.8 Å². The third-order valence-electron chi connectivity index (χ3n) is 4.68. The highest BCUT2D eigenvalue weighted by molar-refractivity contribution is 7.99. The largest absolute Gasteiger partial charge is 0.497 e. The molecule has 1 amide bonds. The van der Waals surface area contributed by atoms with Crippen molar-refractivity contribution in [1.82, 2.24) is 9.62 Å². The zero-order chi connectivity index (χ0) is 21.0. The van der Waals surface area contributed by atoms with Crippen LogP contribution in [0, 0.1) is 0 Å². The second-order valence-electron chi connectivity index (χ2n) is 6.43. The van der Waals surface area contributed by atoms with Crippen molar-refractivity contribution in [2.24, 2.45) is 0 Å². The number of nitrogens with one attached hydrogen (secondary N) is 1. The number of carbonyl (C=O) groups excluding carboxylic acids is 1. The van der Waals surface area contributed by atoms with E-state index in [2.05, 4.69) is 5.32 Å². The molecule has 1 saturated heterocycles. The number of hydrogen-bond donors (Lipinski definition) is 1. The number of nitrogens with zero attached hydrogens (tertiary/aromatic N) is 1. The molecule has 0 saturated carbocycles. The number of hydrogen-bond acceptors (Lipinski definition) is 7. The average Bonchev–Trinajstić information content (AvgIpc) is 3.25. The van der Waals surface area contributed by atoms with E-state index >= 15 is 0 Å². The third kappa shape index (κ3) is 4.71. The first-order valence-electron chi connectivity index (χ1n) is 9.06. The molecule has 1 fully saturated rings. The van der Waals surface area contributed by atoms with Crippen LogP contribution in [0.25, 0.3) is 0 Å². The number of amides is 1. The van der Waals surface area contributed by atoms with E-state index in [0.29, 0.717) is 24.6 Å². The minimum atomic E-state index is -3.69. The van der Waals surface area contributed by atoms with E-state index in [9.17, 15) is 13.2 Å². The summed E-state index contributed by atoms with van der Waals surface area (Å²) < 4.78 is 38.1. The van der Waals surface area contributed by atoms with Crippen molar-refractivity contribution >= 4 is 39.0 Å². The normalized spacial score (nSPS) is 16.2. The van der Waals surface area contributed by atoms with Crippen LogP contribution in [0.5, 0.6) is 11.5 Å². The summed E-state index contributed by atoms with van der Waals surface area (Å²) >= 11 is 2.86. The molecule has 0 radical (unpaired) electrons. The Bertz CT molecular complexity index is 968. The topological polar surface area (TPSA) is 84.9 Å². The van der Waals surface area contributed by atoms with Crippen LogP contribution in [-0.2, 0) is 10.0 Å². The summed E-state index contributed by atoms with van der Waals surface area (Å²) in [6.07, 6.45) is 0. The lowest BCUT2D eigenvalue weighted by molar-refractivity contribution is 0.0940. The lowest BCUT2D eigenvalue weighted by Crippen LogP contribution is -2.38. The molecule has 2 aromatic rings. The predicted octanol–water partition coefficient (Wildman–Crippen LogP) is 2.99. The van der Waals surface area contributed by atoms with Crippen molar-refractivity contribution in [3.63, 3.8) is 0 Å². The zero-order valence-electron chi connectivity index (χ0n) is 16.5. The summed E-state index contributed by atoms with van der Waals surface area (Å²) in [6, 6.07) is 6.48. The quantitative estimate of drug-likeness (QED) is 0.690. The Kier molecular flexibility index (Phi) is 7.10. The van der Waals surface area contributed by atoms with E-state index in [1.165, 1.54) is 10.4 Å². The summed E-state index contributed by atoms with van der Waals surface area (Å²) in [5.74, 6) is 2.34.